The molecule has 0 bridgehead atoms. The van der Waals surface area contributed by atoms with Crippen molar-refractivity contribution in [2.45, 2.75) is 13.0 Å². The van der Waals surface area contributed by atoms with Crippen molar-refractivity contribution in [1.29, 1.82) is 0 Å². The Morgan fingerprint density at radius 3 is 2.38 bits per heavy atom. The zero-order chi connectivity index (χ0) is 15.1. The van der Waals surface area contributed by atoms with Crippen LogP contribution in [0.1, 0.15) is 18.5 Å². The Bertz CT molecular complexity index is 557. The molecule has 0 aliphatic heterocycles. The van der Waals surface area contributed by atoms with Crippen LogP contribution in [0.15, 0.2) is 48.5 Å². The minimum atomic E-state index is -0.217. The van der Waals surface area contributed by atoms with E-state index in [1.54, 1.807) is 19.2 Å². The Hall–Kier alpha value is -2.07. The Kier molecular flexibility index (Phi) is 5.58. The topological polar surface area (TPSA) is 30.5 Å². The smallest absolute Gasteiger partial charge is 0.161 e. The van der Waals surface area contributed by atoms with Crippen molar-refractivity contribution in [3.63, 3.8) is 0 Å². The number of hydrogen-bond acceptors (Lipinski definition) is 3. The van der Waals surface area contributed by atoms with E-state index in [1.807, 2.05) is 31.2 Å². The van der Waals surface area contributed by atoms with Crippen molar-refractivity contribution >= 4 is 0 Å². The molecule has 0 fully saturated rings. The maximum Gasteiger partial charge on any atom is 0.161 e. The van der Waals surface area contributed by atoms with E-state index in [0.717, 1.165) is 17.1 Å². The minimum absolute atomic E-state index is 0.145. The van der Waals surface area contributed by atoms with Crippen molar-refractivity contribution in [3.05, 3.63) is 59.9 Å². The number of halogens is 1. The minimum Gasteiger partial charge on any atom is -0.493 e. The third-order valence-electron chi connectivity index (χ3n) is 3.25. The van der Waals surface area contributed by atoms with Crippen LogP contribution in [0.25, 0.3) is 0 Å². The lowest BCUT2D eigenvalue weighted by Crippen LogP contribution is -2.24. The largest absolute Gasteiger partial charge is 0.493 e. The molecule has 2 aromatic rings. The molecule has 1 atom stereocenters. The predicted molar refractivity (Wildman–Crippen MR) is 81.3 cm³/mol. The van der Waals surface area contributed by atoms with E-state index in [-0.39, 0.29) is 11.9 Å². The molecule has 112 valence electrons. The third-order valence-corrected chi connectivity index (χ3v) is 3.25. The fourth-order valence-corrected chi connectivity index (χ4v) is 2.04. The second-order valence-electron chi connectivity index (χ2n) is 4.73. The van der Waals surface area contributed by atoms with Gasteiger partial charge in [-0.15, -0.1) is 0 Å². The van der Waals surface area contributed by atoms with Gasteiger partial charge in [0, 0.05) is 12.6 Å². The van der Waals surface area contributed by atoms with E-state index in [1.165, 1.54) is 12.1 Å². The van der Waals surface area contributed by atoms with Crippen molar-refractivity contribution in [2.24, 2.45) is 0 Å². The van der Waals surface area contributed by atoms with E-state index in [0.29, 0.717) is 13.2 Å². The third kappa shape index (κ3) is 4.46. The van der Waals surface area contributed by atoms with Gasteiger partial charge in [0.15, 0.2) is 11.5 Å². The molecule has 0 amide bonds. The van der Waals surface area contributed by atoms with Gasteiger partial charge < -0.3 is 14.8 Å². The lowest BCUT2D eigenvalue weighted by Gasteiger charge is -2.15. The first-order valence-electron chi connectivity index (χ1n) is 6.95. The van der Waals surface area contributed by atoms with Gasteiger partial charge in [0.05, 0.1) is 7.11 Å². The highest BCUT2D eigenvalue weighted by Crippen LogP contribution is 2.25. The molecule has 0 aliphatic rings. The van der Waals surface area contributed by atoms with Gasteiger partial charge in [-0.1, -0.05) is 24.3 Å². The fraction of sp³-hybridized carbons (Fsp3) is 0.294. The van der Waals surface area contributed by atoms with Crippen LogP contribution >= 0.6 is 0 Å². The highest BCUT2D eigenvalue weighted by molar-refractivity contribution is 5.39. The van der Waals surface area contributed by atoms with Crippen LogP contribution in [0.3, 0.4) is 0 Å². The van der Waals surface area contributed by atoms with Crippen molar-refractivity contribution in [3.8, 4) is 11.5 Å². The van der Waals surface area contributed by atoms with Crippen LogP contribution in [0.5, 0.6) is 11.5 Å². The number of rotatable bonds is 7. The summed E-state index contributed by atoms with van der Waals surface area (Å²) in [5, 5.41) is 3.34. The number of methoxy groups -OCH3 is 1. The van der Waals surface area contributed by atoms with Gasteiger partial charge in [0.1, 0.15) is 12.4 Å². The van der Waals surface area contributed by atoms with Crippen molar-refractivity contribution < 1.29 is 13.9 Å². The van der Waals surface area contributed by atoms with Gasteiger partial charge >= 0.3 is 0 Å². The van der Waals surface area contributed by atoms with E-state index in [9.17, 15) is 4.39 Å². The predicted octanol–water partition coefficient (Wildman–Crippen LogP) is 3.56. The molecule has 1 N–H and O–H groups in total. The van der Waals surface area contributed by atoms with Gasteiger partial charge in [-0.2, -0.15) is 0 Å². The molecule has 0 heterocycles. The fourth-order valence-electron chi connectivity index (χ4n) is 2.04. The Balaban J connectivity index is 1.78. The van der Waals surface area contributed by atoms with Crippen LogP contribution in [-0.4, -0.2) is 20.3 Å². The Morgan fingerprint density at radius 1 is 1.05 bits per heavy atom. The summed E-state index contributed by atoms with van der Waals surface area (Å²) in [4.78, 5) is 0. The maximum atomic E-state index is 12.9. The zero-order valence-corrected chi connectivity index (χ0v) is 12.3. The van der Waals surface area contributed by atoms with Crippen LogP contribution < -0.4 is 14.8 Å². The summed E-state index contributed by atoms with van der Waals surface area (Å²) in [6.45, 7) is 3.26. The molecule has 3 nitrogen and oxygen atoms in total. The molecular formula is C17H20FNO2. The molecular weight excluding hydrogens is 269 g/mol. The first-order valence-corrected chi connectivity index (χ1v) is 6.95. The normalized spacial score (nSPS) is 12.0. The number of nitrogens with one attached hydrogen (secondary N) is 1. The number of benzene rings is 2. The lowest BCUT2D eigenvalue weighted by atomic mass is 10.1. The van der Waals surface area contributed by atoms with Crippen molar-refractivity contribution in [1.82, 2.24) is 5.32 Å². The second kappa shape index (κ2) is 7.64. The van der Waals surface area contributed by atoms with Crippen LogP contribution in [-0.2, 0) is 0 Å². The zero-order valence-electron chi connectivity index (χ0n) is 12.3. The molecule has 0 radical (unpaired) electrons. The summed E-state index contributed by atoms with van der Waals surface area (Å²) in [7, 11) is 1.62. The SMILES string of the molecule is COc1ccccc1OCCN[C@H](C)c1ccc(F)cc1. The first kappa shape index (κ1) is 15.3. The Labute approximate surface area is 124 Å². The van der Waals surface area contributed by atoms with Gasteiger partial charge in [-0.25, -0.2) is 4.39 Å². The number of ether oxygens (including phenoxy) is 2. The van der Waals surface area contributed by atoms with E-state index in [2.05, 4.69) is 5.32 Å². The molecule has 2 aromatic carbocycles. The van der Waals surface area contributed by atoms with E-state index in [4.69, 9.17) is 9.47 Å². The molecule has 0 saturated carbocycles. The van der Waals surface area contributed by atoms with E-state index >= 15 is 0 Å². The van der Waals surface area contributed by atoms with E-state index < -0.39 is 0 Å². The van der Waals surface area contributed by atoms with Gasteiger partial charge in [-0.3, -0.25) is 0 Å². The van der Waals surface area contributed by atoms with Crippen LogP contribution in [0.2, 0.25) is 0 Å². The first-order chi connectivity index (χ1) is 10.2. The summed E-state index contributed by atoms with van der Waals surface area (Å²) in [6.07, 6.45) is 0. The average molecular weight is 289 g/mol. The summed E-state index contributed by atoms with van der Waals surface area (Å²) in [5.41, 5.74) is 1.05. The molecule has 2 rings (SSSR count). The standard InChI is InChI=1S/C17H20FNO2/c1-13(14-7-9-15(18)10-8-14)19-11-12-21-17-6-4-3-5-16(17)20-2/h3-10,13,19H,11-12H2,1-2H3/t13-/m1/s1. The lowest BCUT2D eigenvalue weighted by molar-refractivity contribution is 0.288. The molecule has 0 spiro atoms. The number of para-hydroxylation sites is 2. The highest BCUT2D eigenvalue weighted by atomic mass is 19.1. The van der Waals surface area contributed by atoms with Gasteiger partial charge in [0.25, 0.3) is 0 Å². The molecule has 0 aromatic heterocycles. The summed E-state index contributed by atoms with van der Waals surface area (Å²) in [5.74, 6) is 1.24. The maximum absolute atomic E-state index is 12.9. The summed E-state index contributed by atoms with van der Waals surface area (Å²) >= 11 is 0. The van der Waals surface area contributed by atoms with Crippen LogP contribution in [0.4, 0.5) is 4.39 Å². The van der Waals surface area contributed by atoms with Gasteiger partial charge in [-0.05, 0) is 36.8 Å². The summed E-state index contributed by atoms with van der Waals surface area (Å²) in [6, 6.07) is 14.2. The molecule has 0 saturated heterocycles. The molecule has 0 unspecified atom stereocenters. The van der Waals surface area contributed by atoms with Gasteiger partial charge in [0.2, 0.25) is 0 Å². The monoisotopic (exact) mass is 289 g/mol. The highest BCUT2D eigenvalue weighted by Gasteiger charge is 2.05. The van der Waals surface area contributed by atoms with Crippen LogP contribution in [0, 0.1) is 5.82 Å². The number of hydrogen-bond donors (Lipinski definition) is 1. The molecule has 0 aliphatic carbocycles. The Morgan fingerprint density at radius 2 is 1.71 bits per heavy atom. The molecule has 4 heteroatoms. The quantitative estimate of drug-likeness (QED) is 0.791. The molecule has 21 heavy (non-hydrogen) atoms. The summed E-state index contributed by atoms with van der Waals surface area (Å²) < 4.78 is 23.8. The van der Waals surface area contributed by atoms with Crippen molar-refractivity contribution in [2.75, 3.05) is 20.3 Å². The second-order valence-corrected chi connectivity index (χ2v) is 4.73. The average Bonchev–Trinajstić information content (AvgIpc) is 2.52.